The first-order valence-electron chi connectivity index (χ1n) is 8.33. The Morgan fingerprint density at radius 1 is 1.35 bits per heavy atom. The van der Waals surface area contributed by atoms with E-state index >= 15 is 0 Å². The van der Waals surface area contributed by atoms with Crippen LogP contribution in [0.2, 0.25) is 0 Å². The number of aromatic nitrogens is 4. The fraction of sp³-hybridized carbons (Fsp3) is 0.471. The Hall–Kier alpha value is -2.81. The van der Waals surface area contributed by atoms with Gasteiger partial charge in [-0.3, -0.25) is 9.59 Å². The van der Waals surface area contributed by atoms with Gasteiger partial charge in [0.2, 0.25) is 11.7 Å². The lowest BCUT2D eigenvalue weighted by molar-refractivity contribution is -0.151. The maximum atomic E-state index is 12.8. The standard InChI is InChI=1S/C17H21N5O4/c1-12(22-19-14(18-20-22)13-6-4-3-5-7-13)15(23)21-9-8-17(10-21,11-26-2)16(24)25/h3-7,12H,8-11H2,1-2H3,(H,24,25). The number of methoxy groups -OCH3 is 1. The van der Waals surface area contributed by atoms with E-state index in [1.54, 1.807) is 6.92 Å². The molecule has 9 nitrogen and oxygen atoms in total. The second-order valence-electron chi connectivity index (χ2n) is 6.50. The van der Waals surface area contributed by atoms with Gasteiger partial charge in [0.25, 0.3) is 0 Å². The second-order valence-corrected chi connectivity index (χ2v) is 6.50. The minimum absolute atomic E-state index is 0.0697. The second kappa shape index (κ2) is 7.20. The largest absolute Gasteiger partial charge is 0.481 e. The highest BCUT2D eigenvalue weighted by atomic mass is 16.5. The molecule has 0 aliphatic carbocycles. The molecule has 1 amide bonds. The van der Waals surface area contributed by atoms with Gasteiger partial charge >= 0.3 is 5.97 Å². The Bertz CT molecular complexity index is 793. The molecule has 2 aromatic rings. The number of amides is 1. The summed E-state index contributed by atoms with van der Waals surface area (Å²) in [6, 6.07) is 8.68. The number of carboxylic acids is 1. The van der Waals surface area contributed by atoms with Crippen molar-refractivity contribution in [3.8, 4) is 11.4 Å². The maximum Gasteiger partial charge on any atom is 0.313 e. The summed E-state index contributed by atoms with van der Waals surface area (Å²) >= 11 is 0. The zero-order chi connectivity index (χ0) is 18.7. The number of carbonyl (C=O) groups excluding carboxylic acids is 1. The molecule has 26 heavy (non-hydrogen) atoms. The van der Waals surface area contributed by atoms with Crippen molar-refractivity contribution in [1.82, 2.24) is 25.1 Å². The number of aliphatic carboxylic acids is 1. The number of rotatable bonds is 6. The fourth-order valence-corrected chi connectivity index (χ4v) is 3.15. The van der Waals surface area contributed by atoms with Crippen molar-refractivity contribution in [2.24, 2.45) is 5.41 Å². The van der Waals surface area contributed by atoms with Crippen LogP contribution in [0.5, 0.6) is 0 Å². The van der Waals surface area contributed by atoms with Crippen LogP contribution in [-0.2, 0) is 14.3 Å². The van der Waals surface area contributed by atoms with Crippen molar-refractivity contribution >= 4 is 11.9 Å². The SMILES string of the molecule is COCC1(C(=O)O)CCN(C(=O)C(C)n2nnc(-c3ccccc3)n2)C1. The van der Waals surface area contributed by atoms with Crippen molar-refractivity contribution < 1.29 is 19.4 Å². The van der Waals surface area contributed by atoms with Crippen molar-refractivity contribution in [3.05, 3.63) is 30.3 Å². The van der Waals surface area contributed by atoms with Crippen LogP contribution in [-0.4, -0.2) is 68.9 Å². The Labute approximate surface area is 150 Å². The Kier molecular flexibility index (Phi) is 4.99. The summed E-state index contributed by atoms with van der Waals surface area (Å²) in [6.07, 6.45) is 0.356. The molecule has 1 N–H and O–H groups in total. The van der Waals surface area contributed by atoms with E-state index in [0.717, 1.165) is 5.56 Å². The Balaban J connectivity index is 1.73. The molecule has 3 rings (SSSR count). The molecule has 1 aromatic heterocycles. The van der Waals surface area contributed by atoms with E-state index in [2.05, 4.69) is 15.4 Å². The predicted octanol–water partition coefficient (Wildman–Crippen LogP) is 0.851. The number of hydrogen-bond acceptors (Lipinski definition) is 6. The molecule has 1 aromatic carbocycles. The highest BCUT2D eigenvalue weighted by Gasteiger charge is 2.47. The molecule has 0 radical (unpaired) electrons. The number of benzene rings is 1. The van der Waals surface area contributed by atoms with E-state index in [9.17, 15) is 14.7 Å². The molecular weight excluding hydrogens is 338 g/mol. The van der Waals surface area contributed by atoms with Gasteiger partial charge in [-0.1, -0.05) is 30.3 Å². The van der Waals surface area contributed by atoms with Crippen LogP contribution in [0.15, 0.2) is 30.3 Å². The lowest BCUT2D eigenvalue weighted by Gasteiger charge is -2.25. The highest BCUT2D eigenvalue weighted by molar-refractivity contribution is 5.83. The lowest BCUT2D eigenvalue weighted by Crippen LogP contribution is -2.42. The van der Waals surface area contributed by atoms with Gasteiger partial charge in [0.1, 0.15) is 11.5 Å². The van der Waals surface area contributed by atoms with Gasteiger partial charge < -0.3 is 14.7 Å². The van der Waals surface area contributed by atoms with Crippen LogP contribution < -0.4 is 0 Å². The van der Waals surface area contributed by atoms with Gasteiger partial charge in [-0.05, 0) is 18.6 Å². The molecule has 138 valence electrons. The van der Waals surface area contributed by atoms with Gasteiger partial charge in [-0.2, -0.15) is 4.80 Å². The van der Waals surface area contributed by atoms with Crippen LogP contribution in [0, 0.1) is 5.41 Å². The van der Waals surface area contributed by atoms with Crippen molar-refractivity contribution in [1.29, 1.82) is 0 Å². The van der Waals surface area contributed by atoms with Crippen LogP contribution in [0.3, 0.4) is 0 Å². The molecule has 0 saturated carbocycles. The van der Waals surface area contributed by atoms with Gasteiger partial charge in [-0.15, -0.1) is 10.2 Å². The van der Waals surface area contributed by atoms with Gasteiger partial charge in [0.15, 0.2) is 0 Å². The topological polar surface area (TPSA) is 110 Å². The summed E-state index contributed by atoms with van der Waals surface area (Å²) in [7, 11) is 1.46. The quantitative estimate of drug-likeness (QED) is 0.814. The third kappa shape index (κ3) is 3.30. The molecule has 9 heteroatoms. The van der Waals surface area contributed by atoms with Crippen LogP contribution in [0.25, 0.3) is 11.4 Å². The molecule has 1 aliphatic heterocycles. The van der Waals surface area contributed by atoms with Crippen molar-refractivity contribution in [3.63, 3.8) is 0 Å². The van der Waals surface area contributed by atoms with Crippen molar-refractivity contribution in [2.45, 2.75) is 19.4 Å². The minimum Gasteiger partial charge on any atom is -0.481 e. The summed E-state index contributed by atoms with van der Waals surface area (Å²) in [5, 5.41) is 21.8. The monoisotopic (exact) mass is 359 g/mol. The normalized spacial score (nSPS) is 20.9. The summed E-state index contributed by atoms with van der Waals surface area (Å²) in [4.78, 5) is 27.2. The maximum absolute atomic E-state index is 12.8. The van der Waals surface area contributed by atoms with E-state index < -0.39 is 17.4 Å². The van der Waals surface area contributed by atoms with Crippen LogP contribution >= 0.6 is 0 Å². The van der Waals surface area contributed by atoms with Crippen LogP contribution in [0.4, 0.5) is 0 Å². The number of tetrazole rings is 1. The fourth-order valence-electron chi connectivity index (χ4n) is 3.15. The highest BCUT2D eigenvalue weighted by Crippen LogP contribution is 2.32. The van der Waals surface area contributed by atoms with E-state index in [4.69, 9.17) is 4.74 Å². The first kappa shape index (κ1) is 18.0. The van der Waals surface area contributed by atoms with Crippen LogP contribution in [0.1, 0.15) is 19.4 Å². The average molecular weight is 359 g/mol. The third-order valence-corrected chi connectivity index (χ3v) is 4.70. The average Bonchev–Trinajstić information content (AvgIpc) is 3.30. The van der Waals surface area contributed by atoms with E-state index in [1.807, 2.05) is 30.3 Å². The molecule has 2 atom stereocenters. The molecule has 2 heterocycles. The minimum atomic E-state index is -1.06. The summed E-state index contributed by atoms with van der Waals surface area (Å²) in [6.45, 7) is 2.22. The molecular formula is C17H21N5O4. The number of carbonyl (C=O) groups is 2. The Morgan fingerprint density at radius 2 is 2.08 bits per heavy atom. The molecule has 1 saturated heterocycles. The number of hydrogen-bond donors (Lipinski definition) is 1. The number of ether oxygens (including phenoxy) is 1. The van der Waals surface area contributed by atoms with Gasteiger partial charge in [0, 0.05) is 25.8 Å². The molecule has 2 unspecified atom stereocenters. The first-order valence-corrected chi connectivity index (χ1v) is 8.33. The molecule has 1 aliphatic rings. The van der Waals surface area contributed by atoms with E-state index in [0.29, 0.717) is 18.8 Å². The number of likely N-dealkylation sites (tertiary alicyclic amines) is 1. The summed E-state index contributed by atoms with van der Waals surface area (Å²) in [5.74, 6) is -0.750. The smallest absolute Gasteiger partial charge is 0.313 e. The number of nitrogens with zero attached hydrogens (tertiary/aromatic N) is 5. The Morgan fingerprint density at radius 3 is 2.73 bits per heavy atom. The van der Waals surface area contributed by atoms with Gasteiger partial charge in [-0.25, -0.2) is 0 Å². The van der Waals surface area contributed by atoms with E-state index in [-0.39, 0.29) is 19.1 Å². The predicted molar refractivity (Wildman–Crippen MR) is 91.1 cm³/mol. The zero-order valence-electron chi connectivity index (χ0n) is 14.7. The van der Waals surface area contributed by atoms with Gasteiger partial charge in [0.05, 0.1) is 6.61 Å². The number of carboxylic acid groups (broad SMARTS) is 1. The molecule has 1 fully saturated rings. The summed E-state index contributed by atoms with van der Waals surface area (Å²) < 4.78 is 5.06. The molecule has 0 spiro atoms. The lowest BCUT2D eigenvalue weighted by atomic mass is 9.88. The van der Waals surface area contributed by atoms with Crippen molar-refractivity contribution in [2.75, 3.05) is 26.8 Å². The summed E-state index contributed by atoms with van der Waals surface area (Å²) in [5.41, 5.74) is -0.251. The first-order chi connectivity index (χ1) is 12.5. The van der Waals surface area contributed by atoms with E-state index in [1.165, 1.54) is 16.8 Å². The molecule has 0 bridgehead atoms. The third-order valence-electron chi connectivity index (χ3n) is 4.70. The zero-order valence-corrected chi connectivity index (χ0v) is 14.7.